The number of anilines is 3. The zero-order valence-corrected chi connectivity index (χ0v) is 20.9. The minimum absolute atomic E-state index is 0.00245. The molecule has 2 heterocycles. The second-order valence-electron chi connectivity index (χ2n) is 8.66. The molecule has 1 saturated carbocycles. The Morgan fingerprint density at radius 3 is 2.43 bits per heavy atom. The van der Waals surface area contributed by atoms with Gasteiger partial charge in [0.1, 0.15) is 7.14 Å². The number of hydrogen-bond acceptors (Lipinski definition) is 9. The van der Waals surface area contributed by atoms with E-state index in [1.165, 1.54) is 7.11 Å². The molecule has 1 amide bonds. The van der Waals surface area contributed by atoms with Crippen molar-refractivity contribution in [2.75, 3.05) is 31.1 Å². The molecule has 1 aromatic carbocycles. The molecule has 0 radical (unpaired) electrons. The van der Waals surface area contributed by atoms with E-state index in [2.05, 4.69) is 30.8 Å². The smallest absolute Gasteiger partial charge is 0.228 e. The third kappa shape index (κ3) is 5.54. The largest absolute Gasteiger partial charge is 0.494 e. The highest BCUT2D eigenvalue weighted by molar-refractivity contribution is 7.70. The summed E-state index contributed by atoms with van der Waals surface area (Å²) in [5.74, 6) is 0.808. The summed E-state index contributed by atoms with van der Waals surface area (Å²) < 4.78 is 18.0. The number of carbonyl (C=O) groups is 2. The molecule has 35 heavy (non-hydrogen) atoms. The van der Waals surface area contributed by atoms with Crippen molar-refractivity contribution in [1.29, 1.82) is 0 Å². The fraction of sp³-hybridized carbons (Fsp3) is 0.333. The zero-order valence-electron chi connectivity index (χ0n) is 20.0. The molecule has 0 aliphatic heterocycles. The summed E-state index contributed by atoms with van der Waals surface area (Å²) in [4.78, 5) is 33.5. The van der Waals surface area contributed by atoms with Gasteiger partial charge in [-0.3, -0.25) is 9.59 Å². The number of aromatic nitrogens is 4. The van der Waals surface area contributed by atoms with Crippen LogP contribution in [0.1, 0.15) is 36.7 Å². The Morgan fingerprint density at radius 1 is 1.11 bits per heavy atom. The number of methoxy groups -OCH3 is 1. The number of carbonyl (C=O) groups excluding carboxylic acids is 2. The van der Waals surface area contributed by atoms with E-state index in [1.54, 1.807) is 56.9 Å². The number of rotatable bonds is 9. The van der Waals surface area contributed by atoms with E-state index in [0.29, 0.717) is 33.8 Å². The second-order valence-corrected chi connectivity index (χ2v) is 11.9. The molecule has 10 nitrogen and oxygen atoms in total. The van der Waals surface area contributed by atoms with E-state index >= 15 is 0 Å². The van der Waals surface area contributed by atoms with Crippen LogP contribution >= 0.6 is 7.14 Å². The highest BCUT2D eigenvalue weighted by Crippen LogP contribution is 2.38. The van der Waals surface area contributed by atoms with Gasteiger partial charge in [0, 0.05) is 36.1 Å². The fourth-order valence-electron chi connectivity index (χ4n) is 3.41. The van der Waals surface area contributed by atoms with Crippen LogP contribution in [0.3, 0.4) is 0 Å². The molecule has 2 aromatic heterocycles. The van der Waals surface area contributed by atoms with Crippen LogP contribution in [0.4, 0.5) is 17.2 Å². The molecule has 1 aliphatic carbocycles. The van der Waals surface area contributed by atoms with E-state index in [-0.39, 0.29) is 35.5 Å². The predicted molar refractivity (Wildman–Crippen MR) is 134 cm³/mol. The maximum absolute atomic E-state index is 12.5. The number of hydrogen-bond donors (Lipinski definition) is 2. The van der Waals surface area contributed by atoms with Crippen LogP contribution in [0, 0.1) is 5.92 Å². The first-order valence-corrected chi connectivity index (χ1v) is 13.8. The monoisotopic (exact) mass is 494 g/mol. The van der Waals surface area contributed by atoms with Gasteiger partial charge in [0.15, 0.2) is 28.9 Å². The van der Waals surface area contributed by atoms with Crippen molar-refractivity contribution >= 4 is 41.3 Å². The summed E-state index contributed by atoms with van der Waals surface area (Å²) in [5.41, 5.74) is 1.71. The summed E-state index contributed by atoms with van der Waals surface area (Å²) in [7, 11) is -0.960. The molecule has 1 fully saturated rings. The average Bonchev–Trinajstić information content (AvgIpc) is 3.69. The van der Waals surface area contributed by atoms with Gasteiger partial charge in [0.05, 0.1) is 24.0 Å². The molecule has 182 valence electrons. The quantitative estimate of drug-likeness (QED) is 0.335. The Labute approximate surface area is 203 Å². The van der Waals surface area contributed by atoms with Crippen LogP contribution in [0.15, 0.2) is 36.7 Å². The van der Waals surface area contributed by atoms with Crippen molar-refractivity contribution in [3.05, 3.63) is 42.4 Å². The first kappa shape index (κ1) is 24.5. The summed E-state index contributed by atoms with van der Waals surface area (Å²) in [5, 5.41) is 14.7. The van der Waals surface area contributed by atoms with Crippen molar-refractivity contribution in [2.45, 2.75) is 26.2 Å². The van der Waals surface area contributed by atoms with Gasteiger partial charge in [0.2, 0.25) is 5.91 Å². The molecule has 0 atom stereocenters. The number of nitrogens with zero attached hydrogens (tertiary/aromatic N) is 4. The highest BCUT2D eigenvalue weighted by atomic mass is 31.2. The van der Waals surface area contributed by atoms with Crippen molar-refractivity contribution in [2.24, 2.45) is 5.92 Å². The van der Waals surface area contributed by atoms with Crippen LogP contribution in [-0.4, -0.2) is 52.3 Å². The van der Waals surface area contributed by atoms with Crippen LogP contribution in [-0.2, 0) is 9.36 Å². The minimum atomic E-state index is -2.48. The number of nitrogens with one attached hydrogen (secondary N) is 2. The maximum Gasteiger partial charge on any atom is 0.228 e. The van der Waals surface area contributed by atoms with Gasteiger partial charge in [-0.15, -0.1) is 10.2 Å². The molecule has 1 aliphatic rings. The SMILES string of the molecule is CCC(=O)c1nnc(NC(=O)C2CC2)cc1Nc1cccc(-c2ncc(P(C)(C)=O)cn2)c1OC. The van der Waals surface area contributed by atoms with Crippen LogP contribution in [0.2, 0.25) is 0 Å². The lowest BCUT2D eigenvalue weighted by atomic mass is 10.1. The summed E-state index contributed by atoms with van der Waals surface area (Å²) in [6.07, 6.45) is 5.08. The Hall–Kier alpha value is -3.65. The Bertz CT molecular complexity index is 1320. The summed E-state index contributed by atoms with van der Waals surface area (Å²) >= 11 is 0. The molecular weight excluding hydrogens is 467 g/mol. The second kappa shape index (κ2) is 9.92. The van der Waals surface area contributed by atoms with Crippen LogP contribution in [0.25, 0.3) is 11.4 Å². The number of benzene rings is 1. The number of Topliss-reactive ketones (excluding diaryl/α,β-unsaturated/α-hetero) is 1. The third-order valence-corrected chi connectivity index (χ3v) is 7.04. The maximum atomic E-state index is 12.5. The van der Waals surface area contributed by atoms with E-state index in [4.69, 9.17) is 4.74 Å². The zero-order chi connectivity index (χ0) is 25.2. The molecule has 0 bridgehead atoms. The van der Waals surface area contributed by atoms with Gasteiger partial charge in [-0.25, -0.2) is 9.97 Å². The third-order valence-electron chi connectivity index (χ3n) is 5.57. The Balaban J connectivity index is 1.70. The average molecular weight is 494 g/mol. The van der Waals surface area contributed by atoms with Gasteiger partial charge in [-0.05, 0) is 38.3 Å². The van der Waals surface area contributed by atoms with Crippen molar-refractivity contribution in [3.8, 4) is 17.1 Å². The lowest BCUT2D eigenvalue weighted by molar-refractivity contribution is -0.117. The lowest BCUT2D eigenvalue weighted by Crippen LogP contribution is -2.16. The summed E-state index contributed by atoms with van der Waals surface area (Å²) in [6.45, 7) is 5.07. The first-order valence-electron chi connectivity index (χ1n) is 11.2. The van der Waals surface area contributed by atoms with Gasteiger partial charge in [0.25, 0.3) is 0 Å². The van der Waals surface area contributed by atoms with Gasteiger partial charge in [-0.2, -0.15) is 0 Å². The molecule has 2 N–H and O–H groups in total. The Kier molecular flexibility index (Phi) is 6.93. The number of amides is 1. The van der Waals surface area contributed by atoms with E-state index in [9.17, 15) is 14.2 Å². The molecule has 4 rings (SSSR count). The topological polar surface area (TPSA) is 136 Å². The standard InChI is InChI=1S/C24H27N6O4P/c1-5-19(31)21-18(11-20(29-30-21)28-24(32)14-9-10-14)27-17-8-6-7-16(22(17)34-2)23-25-12-15(13-26-23)35(3,4)33/h6-8,11-14H,5,9-10H2,1-4H3,(H2,27,28,29,32). The van der Waals surface area contributed by atoms with E-state index in [0.717, 1.165) is 12.8 Å². The van der Waals surface area contributed by atoms with Crippen molar-refractivity contribution in [3.63, 3.8) is 0 Å². The highest BCUT2D eigenvalue weighted by Gasteiger charge is 2.30. The van der Waals surface area contributed by atoms with Crippen molar-refractivity contribution in [1.82, 2.24) is 20.2 Å². The first-order chi connectivity index (χ1) is 16.7. The fourth-order valence-corrected chi connectivity index (χ4v) is 4.08. The van der Waals surface area contributed by atoms with E-state index < -0.39 is 7.14 Å². The number of ether oxygens (including phenoxy) is 1. The normalized spacial score (nSPS) is 13.3. The molecule has 0 spiro atoms. The van der Waals surface area contributed by atoms with Gasteiger partial charge in [-0.1, -0.05) is 13.0 Å². The van der Waals surface area contributed by atoms with E-state index in [1.807, 2.05) is 0 Å². The van der Waals surface area contributed by atoms with Crippen LogP contribution < -0.4 is 20.7 Å². The predicted octanol–water partition coefficient (Wildman–Crippen LogP) is 3.88. The lowest BCUT2D eigenvalue weighted by Gasteiger charge is -2.16. The molecule has 0 unspecified atom stereocenters. The molecule has 0 saturated heterocycles. The van der Waals surface area contributed by atoms with Gasteiger partial charge < -0.3 is 19.9 Å². The summed E-state index contributed by atoms with van der Waals surface area (Å²) in [6, 6.07) is 6.98. The van der Waals surface area contributed by atoms with Crippen LogP contribution in [0.5, 0.6) is 5.75 Å². The molecule has 11 heteroatoms. The van der Waals surface area contributed by atoms with Crippen molar-refractivity contribution < 1.29 is 18.9 Å². The Morgan fingerprint density at radius 2 is 1.83 bits per heavy atom. The minimum Gasteiger partial charge on any atom is -0.494 e. The number of para-hydroxylation sites is 1. The number of ketones is 1. The van der Waals surface area contributed by atoms with Gasteiger partial charge >= 0.3 is 0 Å². The molecular formula is C24H27N6O4P. The molecule has 3 aromatic rings.